The maximum atomic E-state index is 9.59. The van der Waals surface area contributed by atoms with Crippen LogP contribution in [0.5, 0.6) is 0 Å². The Hall–Kier alpha value is -0.0800. The Morgan fingerprint density at radius 3 is 2.80 bits per heavy atom. The zero-order valence-electron chi connectivity index (χ0n) is 9.91. The van der Waals surface area contributed by atoms with Gasteiger partial charge in [0.15, 0.2) is 0 Å². The Labute approximate surface area is 93.5 Å². The molecule has 0 aromatic heterocycles. The summed E-state index contributed by atoms with van der Waals surface area (Å²) in [5.74, 6) is 2.96. The molecule has 88 valence electrons. The average Bonchev–Trinajstić information content (AvgIpc) is 2.79. The van der Waals surface area contributed by atoms with E-state index in [0.717, 1.165) is 43.7 Å². The first-order valence-electron chi connectivity index (χ1n) is 6.68. The molecule has 0 saturated heterocycles. The number of aliphatic hydroxyl groups is 1. The molecule has 0 heterocycles. The van der Waals surface area contributed by atoms with Crippen LogP contribution in [0.15, 0.2) is 0 Å². The van der Waals surface area contributed by atoms with E-state index in [1.54, 1.807) is 0 Å². The first-order valence-corrected chi connectivity index (χ1v) is 6.68. The molecule has 2 fully saturated rings. The van der Waals surface area contributed by atoms with Gasteiger partial charge in [0, 0.05) is 6.54 Å². The highest BCUT2D eigenvalue weighted by atomic mass is 16.3. The van der Waals surface area contributed by atoms with Crippen molar-refractivity contribution in [1.82, 2.24) is 5.32 Å². The van der Waals surface area contributed by atoms with Crippen LogP contribution >= 0.6 is 0 Å². The summed E-state index contributed by atoms with van der Waals surface area (Å²) in [7, 11) is 0. The van der Waals surface area contributed by atoms with E-state index in [9.17, 15) is 5.11 Å². The summed E-state index contributed by atoms with van der Waals surface area (Å²) in [4.78, 5) is 0. The smallest absolute Gasteiger partial charge is 0.0664 e. The zero-order chi connectivity index (χ0) is 10.7. The third-order valence-corrected chi connectivity index (χ3v) is 4.29. The van der Waals surface area contributed by atoms with Crippen molar-refractivity contribution < 1.29 is 5.11 Å². The van der Waals surface area contributed by atoms with Crippen molar-refractivity contribution >= 4 is 0 Å². The summed E-state index contributed by atoms with van der Waals surface area (Å²) in [6, 6.07) is 0. The fourth-order valence-corrected chi connectivity index (χ4v) is 3.50. The SMILES string of the molecule is CCCC(O)CNCC1CC2CCC1C2. The summed E-state index contributed by atoms with van der Waals surface area (Å²) in [5.41, 5.74) is 0. The third kappa shape index (κ3) is 2.94. The van der Waals surface area contributed by atoms with Gasteiger partial charge in [-0.25, -0.2) is 0 Å². The molecule has 0 aromatic rings. The van der Waals surface area contributed by atoms with Gasteiger partial charge in [0.05, 0.1) is 6.10 Å². The predicted molar refractivity (Wildman–Crippen MR) is 62.7 cm³/mol. The fourth-order valence-electron chi connectivity index (χ4n) is 3.50. The molecule has 2 N–H and O–H groups in total. The molecule has 0 spiro atoms. The lowest BCUT2D eigenvalue weighted by atomic mass is 9.89. The second kappa shape index (κ2) is 5.31. The van der Waals surface area contributed by atoms with Gasteiger partial charge in [-0.1, -0.05) is 19.8 Å². The molecule has 0 aromatic carbocycles. The van der Waals surface area contributed by atoms with E-state index < -0.39 is 0 Å². The van der Waals surface area contributed by atoms with E-state index in [1.807, 2.05) is 0 Å². The summed E-state index contributed by atoms with van der Waals surface area (Å²) < 4.78 is 0. The Morgan fingerprint density at radius 1 is 1.33 bits per heavy atom. The van der Waals surface area contributed by atoms with Gasteiger partial charge in [-0.3, -0.25) is 0 Å². The van der Waals surface area contributed by atoms with Crippen LogP contribution in [0.25, 0.3) is 0 Å². The maximum absolute atomic E-state index is 9.59. The standard InChI is InChI=1S/C13H25NO/c1-2-3-13(15)9-14-8-12-7-10-4-5-11(12)6-10/h10-15H,2-9H2,1H3. The molecule has 0 amide bonds. The molecule has 0 radical (unpaired) electrons. The lowest BCUT2D eigenvalue weighted by molar-refractivity contribution is 0.156. The number of aliphatic hydroxyl groups excluding tert-OH is 1. The molecule has 2 bridgehead atoms. The van der Waals surface area contributed by atoms with E-state index in [2.05, 4.69) is 12.2 Å². The minimum Gasteiger partial charge on any atom is -0.392 e. The van der Waals surface area contributed by atoms with E-state index in [-0.39, 0.29) is 6.10 Å². The number of nitrogens with one attached hydrogen (secondary N) is 1. The van der Waals surface area contributed by atoms with Crippen LogP contribution in [0.2, 0.25) is 0 Å². The summed E-state index contributed by atoms with van der Waals surface area (Å²) in [6.07, 6.45) is 7.77. The summed E-state index contributed by atoms with van der Waals surface area (Å²) in [6.45, 7) is 4.06. The van der Waals surface area contributed by atoms with Gasteiger partial charge in [0.25, 0.3) is 0 Å². The second-order valence-electron chi connectivity index (χ2n) is 5.54. The molecule has 4 unspecified atom stereocenters. The van der Waals surface area contributed by atoms with Gasteiger partial charge in [0.2, 0.25) is 0 Å². The molecule has 2 nitrogen and oxygen atoms in total. The van der Waals surface area contributed by atoms with E-state index in [0.29, 0.717) is 0 Å². The molecule has 2 heteroatoms. The molecule has 4 atom stereocenters. The fraction of sp³-hybridized carbons (Fsp3) is 1.00. The van der Waals surface area contributed by atoms with Crippen LogP contribution in [-0.2, 0) is 0 Å². The molecular weight excluding hydrogens is 186 g/mol. The number of rotatable bonds is 6. The van der Waals surface area contributed by atoms with Crippen molar-refractivity contribution in [2.75, 3.05) is 13.1 Å². The lowest BCUT2D eigenvalue weighted by Gasteiger charge is -2.22. The van der Waals surface area contributed by atoms with Crippen LogP contribution in [0.1, 0.15) is 45.4 Å². The zero-order valence-corrected chi connectivity index (χ0v) is 9.91. The Bertz CT molecular complexity index is 195. The molecule has 2 aliphatic rings. The highest BCUT2D eigenvalue weighted by molar-refractivity contribution is 4.90. The Kier molecular flexibility index (Phi) is 4.04. The Balaban J connectivity index is 1.58. The van der Waals surface area contributed by atoms with Crippen molar-refractivity contribution in [3.63, 3.8) is 0 Å². The van der Waals surface area contributed by atoms with Gasteiger partial charge < -0.3 is 10.4 Å². The molecule has 2 saturated carbocycles. The minimum absolute atomic E-state index is 0.131. The lowest BCUT2D eigenvalue weighted by Crippen LogP contribution is -2.32. The van der Waals surface area contributed by atoms with Crippen molar-refractivity contribution in [2.24, 2.45) is 17.8 Å². The average molecular weight is 211 g/mol. The van der Waals surface area contributed by atoms with Gasteiger partial charge in [-0.2, -0.15) is 0 Å². The topological polar surface area (TPSA) is 32.3 Å². The van der Waals surface area contributed by atoms with Crippen LogP contribution in [0, 0.1) is 17.8 Å². The van der Waals surface area contributed by atoms with Gasteiger partial charge >= 0.3 is 0 Å². The second-order valence-corrected chi connectivity index (χ2v) is 5.54. The van der Waals surface area contributed by atoms with Crippen LogP contribution < -0.4 is 5.32 Å². The Morgan fingerprint density at radius 2 is 2.20 bits per heavy atom. The highest BCUT2D eigenvalue weighted by Gasteiger charge is 2.38. The first kappa shape index (κ1) is 11.4. The quantitative estimate of drug-likeness (QED) is 0.706. The van der Waals surface area contributed by atoms with Crippen molar-refractivity contribution in [3.8, 4) is 0 Å². The van der Waals surface area contributed by atoms with Crippen molar-refractivity contribution in [1.29, 1.82) is 0 Å². The third-order valence-electron chi connectivity index (χ3n) is 4.29. The van der Waals surface area contributed by atoms with Crippen LogP contribution in [0.4, 0.5) is 0 Å². The molecule has 2 aliphatic carbocycles. The monoisotopic (exact) mass is 211 g/mol. The van der Waals surface area contributed by atoms with E-state index in [4.69, 9.17) is 0 Å². The predicted octanol–water partition coefficient (Wildman–Crippen LogP) is 2.17. The summed E-state index contributed by atoms with van der Waals surface area (Å²) >= 11 is 0. The molecule has 2 rings (SSSR count). The first-order chi connectivity index (χ1) is 7.29. The van der Waals surface area contributed by atoms with Crippen LogP contribution in [-0.4, -0.2) is 24.3 Å². The number of fused-ring (bicyclic) bond motifs is 2. The number of hydrogen-bond acceptors (Lipinski definition) is 2. The van der Waals surface area contributed by atoms with E-state index >= 15 is 0 Å². The molecule has 0 aliphatic heterocycles. The van der Waals surface area contributed by atoms with Gasteiger partial charge in [-0.15, -0.1) is 0 Å². The van der Waals surface area contributed by atoms with Crippen molar-refractivity contribution in [2.45, 2.75) is 51.6 Å². The van der Waals surface area contributed by atoms with Crippen LogP contribution in [0.3, 0.4) is 0 Å². The maximum Gasteiger partial charge on any atom is 0.0664 e. The largest absolute Gasteiger partial charge is 0.392 e. The molecular formula is C13H25NO. The number of hydrogen-bond donors (Lipinski definition) is 2. The summed E-state index contributed by atoms with van der Waals surface area (Å²) in [5, 5.41) is 13.0. The molecule has 15 heavy (non-hydrogen) atoms. The van der Waals surface area contributed by atoms with Crippen molar-refractivity contribution in [3.05, 3.63) is 0 Å². The van der Waals surface area contributed by atoms with Gasteiger partial charge in [-0.05, 0) is 50.0 Å². The van der Waals surface area contributed by atoms with E-state index in [1.165, 1.54) is 25.7 Å². The normalized spacial score (nSPS) is 36.0. The van der Waals surface area contributed by atoms with Gasteiger partial charge in [0.1, 0.15) is 0 Å². The highest BCUT2D eigenvalue weighted by Crippen LogP contribution is 2.47. The minimum atomic E-state index is -0.131.